The van der Waals surface area contributed by atoms with Crippen LogP contribution in [0.25, 0.3) is 0 Å². The molecule has 3 heteroatoms. The average Bonchev–Trinajstić information content (AvgIpc) is 2.19. The van der Waals surface area contributed by atoms with Crippen LogP contribution in [0.2, 0.25) is 0 Å². The minimum atomic E-state index is -0.418. The van der Waals surface area contributed by atoms with Gasteiger partial charge in [0, 0.05) is 0 Å². The van der Waals surface area contributed by atoms with E-state index in [9.17, 15) is 9.18 Å². The lowest BCUT2D eigenvalue weighted by atomic mass is 10.1. The minimum Gasteiger partial charge on any atom is -0.490 e. The summed E-state index contributed by atoms with van der Waals surface area (Å²) in [4.78, 5) is 11.4. The Kier molecular flexibility index (Phi) is 4.67. The van der Waals surface area contributed by atoms with Crippen molar-refractivity contribution in [3.05, 3.63) is 29.6 Å². The van der Waals surface area contributed by atoms with Crippen molar-refractivity contribution in [3.8, 4) is 5.75 Å². The van der Waals surface area contributed by atoms with Crippen molar-refractivity contribution in [3.63, 3.8) is 0 Å². The molecule has 1 rings (SSSR count). The van der Waals surface area contributed by atoms with Gasteiger partial charge in [-0.2, -0.15) is 0 Å². The van der Waals surface area contributed by atoms with Crippen LogP contribution in [0.3, 0.4) is 0 Å². The van der Waals surface area contributed by atoms with Gasteiger partial charge in [0.1, 0.15) is 11.6 Å². The van der Waals surface area contributed by atoms with Gasteiger partial charge in [0.2, 0.25) is 0 Å². The fourth-order valence-electron chi connectivity index (χ4n) is 1.81. The van der Waals surface area contributed by atoms with E-state index in [-0.39, 0.29) is 11.9 Å². The molecule has 0 aliphatic carbocycles. The summed E-state index contributed by atoms with van der Waals surface area (Å²) in [6.45, 7) is 7.58. The van der Waals surface area contributed by atoms with Gasteiger partial charge in [-0.25, -0.2) is 4.39 Å². The highest BCUT2D eigenvalue weighted by Crippen LogP contribution is 2.23. The second-order valence-corrected chi connectivity index (χ2v) is 4.75. The highest BCUT2D eigenvalue weighted by atomic mass is 19.1. The van der Waals surface area contributed by atoms with E-state index in [1.54, 1.807) is 0 Å². The maximum Gasteiger partial charge on any atom is 0.163 e. The molecule has 0 amide bonds. The zero-order chi connectivity index (χ0) is 13.0. The molecule has 1 aromatic rings. The van der Waals surface area contributed by atoms with Gasteiger partial charge in [-0.05, 0) is 44.4 Å². The number of ether oxygens (including phenoxy) is 1. The SMILES string of the molecule is CC(=O)c1cc(F)ccc1OC(C)CC(C)C. The molecule has 0 heterocycles. The molecule has 17 heavy (non-hydrogen) atoms. The van der Waals surface area contributed by atoms with Gasteiger partial charge in [-0.3, -0.25) is 4.79 Å². The molecule has 0 bridgehead atoms. The van der Waals surface area contributed by atoms with E-state index in [0.717, 1.165) is 6.42 Å². The fourth-order valence-corrected chi connectivity index (χ4v) is 1.81. The number of rotatable bonds is 5. The van der Waals surface area contributed by atoms with Crippen molar-refractivity contribution in [1.29, 1.82) is 0 Å². The Bertz CT molecular complexity index is 399. The van der Waals surface area contributed by atoms with E-state index in [1.165, 1.54) is 25.1 Å². The topological polar surface area (TPSA) is 26.3 Å². The minimum absolute atomic E-state index is 0.0126. The predicted octanol–water partition coefficient (Wildman–Crippen LogP) is 3.84. The van der Waals surface area contributed by atoms with Crippen LogP contribution in [0.1, 0.15) is 44.5 Å². The van der Waals surface area contributed by atoms with Gasteiger partial charge in [0.15, 0.2) is 5.78 Å². The fraction of sp³-hybridized carbons (Fsp3) is 0.500. The number of hydrogen-bond acceptors (Lipinski definition) is 2. The predicted molar refractivity (Wildman–Crippen MR) is 65.9 cm³/mol. The first kappa shape index (κ1) is 13.7. The summed E-state index contributed by atoms with van der Waals surface area (Å²) in [5.41, 5.74) is 0.306. The zero-order valence-electron chi connectivity index (χ0n) is 10.8. The van der Waals surface area contributed by atoms with Gasteiger partial charge >= 0.3 is 0 Å². The number of hydrogen-bond donors (Lipinski definition) is 0. The maximum absolute atomic E-state index is 13.0. The molecule has 0 saturated carbocycles. The smallest absolute Gasteiger partial charge is 0.163 e. The Balaban J connectivity index is 2.86. The molecule has 0 spiro atoms. The summed E-state index contributed by atoms with van der Waals surface area (Å²) in [7, 11) is 0. The van der Waals surface area contributed by atoms with Crippen LogP contribution in [0.15, 0.2) is 18.2 Å². The van der Waals surface area contributed by atoms with Crippen LogP contribution in [0.5, 0.6) is 5.75 Å². The van der Waals surface area contributed by atoms with Gasteiger partial charge in [-0.15, -0.1) is 0 Å². The summed E-state index contributed by atoms with van der Waals surface area (Å²) in [5.74, 6) is 0.383. The third-order valence-corrected chi connectivity index (χ3v) is 2.45. The molecule has 0 aliphatic heterocycles. The van der Waals surface area contributed by atoms with Crippen LogP contribution in [0.4, 0.5) is 4.39 Å². The summed E-state index contributed by atoms with van der Waals surface area (Å²) in [6, 6.07) is 4.05. The maximum atomic E-state index is 13.0. The summed E-state index contributed by atoms with van der Waals surface area (Å²) in [5, 5.41) is 0. The van der Waals surface area contributed by atoms with Crippen molar-refractivity contribution in [2.45, 2.75) is 40.2 Å². The lowest BCUT2D eigenvalue weighted by Gasteiger charge is -2.18. The first-order chi connectivity index (χ1) is 7.90. The Hall–Kier alpha value is -1.38. The van der Waals surface area contributed by atoms with Crippen LogP contribution >= 0.6 is 0 Å². The second-order valence-electron chi connectivity index (χ2n) is 4.75. The second kappa shape index (κ2) is 5.80. The first-order valence-electron chi connectivity index (χ1n) is 5.87. The highest BCUT2D eigenvalue weighted by molar-refractivity contribution is 5.96. The van der Waals surface area contributed by atoms with E-state index in [2.05, 4.69) is 13.8 Å². The Morgan fingerprint density at radius 3 is 2.53 bits per heavy atom. The standard InChI is InChI=1S/C14H19FO2/c1-9(2)7-10(3)17-14-6-5-12(15)8-13(14)11(4)16/h5-6,8-10H,7H2,1-4H3. The van der Waals surface area contributed by atoms with Crippen molar-refractivity contribution in [2.75, 3.05) is 0 Å². The number of Topliss-reactive ketones (excluding diaryl/α,β-unsaturated/α-hetero) is 1. The Morgan fingerprint density at radius 2 is 2.00 bits per heavy atom. The molecular formula is C14H19FO2. The van der Waals surface area contributed by atoms with E-state index in [0.29, 0.717) is 17.2 Å². The third kappa shape index (κ3) is 4.17. The van der Waals surface area contributed by atoms with E-state index < -0.39 is 5.82 Å². The number of ketones is 1. The molecule has 0 fully saturated rings. The lowest BCUT2D eigenvalue weighted by Crippen LogP contribution is -2.16. The average molecular weight is 238 g/mol. The molecule has 0 aromatic heterocycles. The van der Waals surface area contributed by atoms with Crippen LogP contribution in [0, 0.1) is 11.7 Å². The molecule has 0 radical (unpaired) electrons. The Morgan fingerprint density at radius 1 is 1.35 bits per heavy atom. The summed E-state index contributed by atoms with van der Waals surface area (Å²) < 4.78 is 18.7. The number of benzene rings is 1. The lowest BCUT2D eigenvalue weighted by molar-refractivity contribution is 0.100. The number of halogens is 1. The molecule has 2 nitrogen and oxygen atoms in total. The molecule has 1 unspecified atom stereocenters. The van der Waals surface area contributed by atoms with Crippen LogP contribution in [-0.4, -0.2) is 11.9 Å². The molecule has 1 atom stereocenters. The number of carbonyl (C=O) groups excluding carboxylic acids is 1. The molecular weight excluding hydrogens is 219 g/mol. The monoisotopic (exact) mass is 238 g/mol. The van der Waals surface area contributed by atoms with E-state index in [4.69, 9.17) is 4.74 Å². The van der Waals surface area contributed by atoms with Gasteiger partial charge < -0.3 is 4.74 Å². The van der Waals surface area contributed by atoms with Gasteiger partial charge in [-0.1, -0.05) is 13.8 Å². The largest absolute Gasteiger partial charge is 0.490 e. The van der Waals surface area contributed by atoms with Gasteiger partial charge in [0.05, 0.1) is 11.7 Å². The Labute approximate surface area is 102 Å². The first-order valence-corrected chi connectivity index (χ1v) is 5.87. The van der Waals surface area contributed by atoms with Crippen molar-refractivity contribution in [2.24, 2.45) is 5.92 Å². The van der Waals surface area contributed by atoms with Crippen LogP contribution < -0.4 is 4.74 Å². The van der Waals surface area contributed by atoms with Gasteiger partial charge in [0.25, 0.3) is 0 Å². The zero-order valence-corrected chi connectivity index (χ0v) is 10.8. The molecule has 94 valence electrons. The number of carbonyl (C=O) groups is 1. The molecule has 1 aromatic carbocycles. The van der Waals surface area contributed by atoms with E-state index >= 15 is 0 Å². The summed E-state index contributed by atoms with van der Waals surface area (Å²) >= 11 is 0. The highest BCUT2D eigenvalue weighted by Gasteiger charge is 2.13. The van der Waals surface area contributed by atoms with Crippen LogP contribution in [-0.2, 0) is 0 Å². The third-order valence-electron chi connectivity index (χ3n) is 2.45. The van der Waals surface area contributed by atoms with E-state index in [1.807, 2.05) is 6.92 Å². The quantitative estimate of drug-likeness (QED) is 0.728. The molecule has 0 saturated heterocycles. The van der Waals surface area contributed by atoms with Crippen molar-refractivity contribution in [1.82, 2.24) is 0 Å². The molecule has 0 aliphatic rings. The normalized spacial score (nSPS) is 12.6. The van der Waals surface area contributed by atoms with Crippen molar-refractivity contribution < 1.29 is 13.9 Å². The van der Waals surface area contributed by atoms with Crippen molar-refractivity contribution >= 4 is 5.78 Å². The molecule has 0 N–H and O–H groups in total. The summed E-state index contributed by atoms with van der Waals surface area (Å²) in [6.07, 6.45) is 0.910.